The monoisotopic (exact) mass is 544 g/mol. The second-order valence-electron chi connectivity index (χ2n) is 7.88. The molecular weight excluding hydrogens is 523 g/mol. The summed E-state index contributed by atoms with van der Waals surface area (Å²) in [5.74, 6) is -1.88. The van der Waals surface area contributed by atoms with Crippen LogP contribution in [-0.4, -0.2) is 55.1 Å². The number of hydrogen-bond acceptors (Lipinski definition) is 8. The van der Waals surface area contributed by atoms with Gasteiger partial charge < -0.3 is 10.1 Å². The number of anilines is 1. The summed E-state index contributed by atoms with van der Waals surface area (Å²) in [7, 11) is -0.872. The van der Waals surface area contributed by atoms with Crippen LogP contribution in [0.2, 0.25) is 0 Å². The SMILES string of the molecule is CCOC(=O)c1nn(-c2ccc(F)cc2)c(=O)c2c(NC(=O)c3ccc(S(=O)(=O)N(C)C)cc3)scc12. The van der Waals surface area contributed by atoms with Gasteiger partial charge in [-0.1, -0.05) is 0 Å². The summed E-state index contributed by atoms with van der Waals surface area (Å²) in [6.45, 7) is 1.70. The molecule has 2 aromatic carbocycles. The number of esters is 1. The van der Waals surface area contributed by atoms with Crippen LogP contribution in [0.3, 0.4) is 0 Å². The van der Waals surface area contributed by atoms with E-state index in [0.29, 0.717) is 0 Å². The van der Waals surface area contributed by atoms with Crippen molar-refractivity contribution in [2.75, 3.05) is 26.0 Å². The van der Waals surface area contributed by atoms with E-state index in [9.17, 15) is 27.2 Å². The van der Waals surface area contributed by atoms with Crippen molar-refractivity contribution < 1.29 is 27.1 Å². The Kier molecular flexibility index (Phi) is 7.21. The third-order valence-electron chi connectivity index (χ3n) is 5.31. The minimum Gasteiger partial charge on any atom is -0.461 e. The number of fused-ring (bicyclic) bond motifs is 1. The summed E-state index contributed by atoms with van der Waals surface area (Å²) in [6, 6.07) is 10.3. The number of carbonyl (C=O) groups excluding carboxylic acids is 2. The first kappa shape index (κ1) is 26.1. The van der Waals surface area contributed by atoms with Gasteiger partial charge in [-0.3, -0.25) is 9.59 Å². The molecule has 0 aliphatic rings. The molecule has 0 aliphatic heterocycles. The van der Waals surface area contributed by atoms with Gasteiger partial charge in [-0.05, 0) is 55.5 Å². The molecule has 0 spiro atoms. The summed E-state index contributed by atoms with van der Waals surface area (Å²) in [4.78, 5) is 39.0. The topological polar surface area (TPSA) is 128 Å². The Balaban J connectivity index is 1.78. The number of rotatable bonds is 7. The zero-order valence-electron chi connectivity index (χ0n) is 19.9. The number of ether oxygens (including phenoxy) is 1. The molecule has 37 heavy (non-hydrogen) atoms. The van der Waals surface area contributed by atoms with Gasteiger partial charge in [-0.15, -0.1) is 11.3 Å². The standard InChI is InChI=1S/C24H21FN4O6S2/c1-4-35-24(32)20-18-13-36-22(19(18)23(31)29(27-20)16-9-7-15(25)8-10-16)26-21(30)14-5-11-17(12-6-14)37(33,34)28(2)3/h5-13H,4H2,1-3H3,(H,26,30). The fraction of sp³-hybridized carbons (Fsp3) is 0.167. The number of carbonyl (C=O) groups is 2. The van der Waals surface area contributed by atoms with Gasteiger partial charge in [0.15, 0.2) is 5.69 Å². The molecule has 0 saturated heterocycles. The normalized spacial score (nSPS) is 11.6. The van der Waals surface area contributed by atoms with Gasteiger partial charge in [0.2, 0.25) is 10.0 Å². The lowest BCUT2D eigenvalue weighted by Crippen LogP contribution is -2.25. The van der Waals surface area contributed by atoms with Crippen molar-refractivity contribution in [1.82, 2.24) is 14.1 Å². The van der Waals surface area contributed by atoms with E-state index in [1.165, 1.54) is 55.9 Å². The average molecular weight is 545 g/mol. The average Bonchev–Trinajstić information content (AvgIpc) is 3.29. The van der Waals surface area contributed by atoms with E-state index in [1.54, 1.807) is 6.92 Å². The lowest BCUT2D eigenvalue weighted by molar-refractivity contribution is 0.0519. The predicted octanol–water partition coefficient (Wildman–Crippen LogP) is 3.27. The van der Waals surface area contributed by atoms with Gasteiger partial charge in [0.25, 0.3) is 11.5 Å². The Morgan fingerprint density at radius 2 is 1.76 bits per heavy atom. The molecule has 0 aliphatic carbocycles. The first-order valence-corrected chi connectivity index (χ1v) is 13.2. The van der Waals surface area contributed by atoms with Gasteiger partial charge in [0, 0.05) is 30.4 Å². The molecular formula is C24H21FN4O6S2. The van der Waals surface area contributed by atoms with Crippen molar-refractivity contribution >= 4 is 49.0 Å². The Labute approximate surface area is 215 Å². The third-order valence-corrected chi connectivity index (χ3v) is 8.04. The van der Waals surface area contributed by atoms with Crippen LogP contribution in [0.25, 0.3) is 16.5 Å². The molecule has 0 saturated carbocycles. The Morgan fingerprint density at radius 3 is 2.35 bits per heavy atom. The number of benzene rings is 2. The highest BCUT2D eigenvalue weighted by Gasteiger charge is 2.24. The predicted molar refractivity (Wildman–Crippen MR) is 136 cm³/mol. The maximum Gasteiger partial charge on any atom is 0.359 e. The summed E-state index contributed by atoms with van der Waals surface area (Å²) in [5.41, 5.74) is -0.424. The second-order valence-corrected chi connectivity index (χ2v) is 10.9. The molecule has 0 radical (unpaired) electrons. The largest absolute Gasteiger partial charge is 0.461 e. The van der Waals surface area contributed by atoms with E-state index in [2.05, 4.69) is 10.4 Å². The van der Waals surface area contributed by atoms with E-state index in [0.717, 1.165) is 32.5 Å². The van der Waals surface area contributed by atoms with E-state index in [4.69, 9.17) is 4.74 Å². The zero-order valence-corrected chi connectivity index (χ0v) is 21.5. The van der Waals surface area contributed by atoms with Gasteiger partial charge in [0.1, 0.15) is 10.8 Å². The Bertz CT molecular complexity index is 1660. The number of thiophene rings is 1. The molecule has 0 fully saturated rings. The third kappa shape index (κ3) is 5.01. The van der Waals surface area contributed by atoms with Gasteiger partial charge in [0.05, 0.1) is 22.6 Å². The molecule has 1 amide bonds. The first-order chi connectivity index (χ1) is 17.5. The molecule has 1 N–H and O–H groups in total. The highest BCUT2D eigenvalue weighted by Crippen LogP contribution is 2.31. The zero-order chi connectivity index (χ0) is 26.9. The molecule has 0 unspecified atom stereocenters. The second kappa shape index (κ2) is 10.2. The van der Waals surface area contributed by atoms with Crippen molar-refractivity contribution in [1.29, 1.82) is 0 Å². The lowest BCUT2D eigenvalue weighted by atomic mass is 10.2. The molecule has 192 valence electrons. The summed E-state index contributed by atoms with van der Waals surface area (Å²) >= 11 is 1.01. The van der Waals surface area contributed by atoms with E-state index in [-0.39, 0.29) is 44.2 Å². The van der Waals surface area contributed by atoms with E-state index >= 15 is 0 Å². The molecule has 13 heteroatoms. The Morgan fingerprint density at radius 1 is 1.11 bits per heavy atom. The van der Waals surface area contributed by atoms with Gasteiger partial charge in [-0.25, -0.2) is 21.9 Å². The summed E-state index contributed by atoms with van der Waals surface area (Å²) < 4.78 is 45.1. The highest BCUT2D eigenvalue weighted by molar-refractivity contribution is 7.89. The highest BCUT2D eigenvalue weighted by atomic mass is 32.2. The van der Waals surface area contributed by atoms with Crippen LogP contribution in [-0.2, 0) is 14.8 Å². The molecule has 2 aromatic heterocycles. The first-order valence-electron chi connectivity index (χ1n) is 10.9. The van der Waals surface area contributed by atoms with Crippen molar-refractivity contribution in [3.05, 3.63) is 81.3 Å². The number of halogens is 1. The number of nitrogens with zero attached hydrogens (tertiary/aromatic N) is 3. The maximum atomic E-state index is 13.4. The van der Waals surface area contributed by atoms with Crippen LogP contribution in [0.1, 0.15) is 27.8 Å². The van der Waals surface area contributed by atoms with E-state index < -0.39 is 33.3 Å². The minimum absolute atomic E-state index is 0.0166. The van der Waals surface area contributed by atoms with Crippen molar-refractivity contribution in [2.45, 2.75) is 11.8 Å². The van der Waals surface area contributed by atoms with Gasteiger partial charge in [-0.2, -0.15) is 9.78 Å². The van der Waals surface area contributed by atoms with E-state index in [1.807, 2.05) is 0 Å². The minimum atomic E-state index is -3.67. The van der Waals surface area contributed by atoms with Gasteiger partial charge >= 0.3 is 5.97 Å². The molecule has 0 atom stereocenters. The number of amides is 1. The number of aromatic nitrogens is 2. The molecule has 2 heterocycles. The van der Waals surface area contributed by atoms with Crippen molar-refractivity contribution in [3.63, 3.8) is 0 Å². The van der Waals surface area contributed by atoms with Crippen molar-refractivity contribution in [2.24, 2.45) is 0 Å². The Hall–Kier alpha value is -3.94. The maximum absolute atomic E-state index is 13.4. The van der Waals surface area contributed by atoms with Crippen LogP contribution in [0.15, 0.2) is 63.6 Å². The fourth-order valence-electron chi connectivity index (χ4n) is 3.41. The van der Waals surface area contributed by atoms with Crippen LogP contribution in [0, 0.1) is 5.82 Å². The summed E-state index contributed by atoms with van der Waals surface area (Å²) in [5, 5.41) is 8.68. The summed E-state index contributed by atoms with van der Waals surface area (Å²) in [6.07, 6.45) is 0. The molecule has 10 nitrogen and oxygen atoms in total. The smallest absolute Gasteiger partial charge is 0.359 e. The van der Waals surface area contributed by atoms with Crippen molar-refractivity contribution in [3.8, 4) is 5.69 Å². The van der Waals surface area contributed by atoms with Crippen LogP contribution < -0.4 is 10.9 Å². The molecule has 4 rings (SSSR count). The lowest BCUT2D eigenvalue weighted by Gasteiger charge is -2.12. The quantitative estimate of drug-likeness (QED) is 0.354. The van der Waals surface area contributed by atoms with Crippen LogP contribution >= 0.6 is 11.3 Å². The molecule has 0 bridgehead atoms. The number of sulfonamides is 1. The number of nitrogens with one attached hydrogen (secondary N) is 1. The number of hydrogen-bond donors (Lipinski definition) is 1. The fourth-order valence-corrected chi connectivity index (χ4v) is 5.25. The van der Waals surface area contributed by atoms with Crippen LogP contribution in [0.4, 0.5) is 9.39 Å². The van der Waals surface area contributed by atoms with Crippen LogP contribution in [0.5, 0.6) is 0 Å². The molecule has 4 aromatic rings.